The van der Waals surface area contributed by atoms with Gasteiger partial charge in [-0.2, -0.15) is 0 Å². The Balaban J connectivity index is 0. The van der Waals surface area contributed by atoms with Crippen molar-refractivity contribution in [3.63, 3.8) is 0 Å². The lowest BCUT2D eigenvalue weighted by atomic mass is 10.6. The molecule has 0 spiro atoms. The monoisotopic (exact) mass is 167 g/mol. The van der Waals surface area contributed by atoms with Crippen LogP contribution < -0.4 is 5.32 Å². The molecule has 0 aliphatic carbocycles. The van der Waals surface area contributed by atoms with Crippen LogP contribution >= 0.6 is 0 Å². The summed E-state index contributed by atoms with van der Waals surface area (Å²) in [4.78, 5) is 8.56. The molecule has 0 aliphatic heterocycles. The topological polar surface area (TPSA) is 110 Å². The minimum absolute atomic E-state index is 0.625. The Hall–Kier alpha value is -0.850. The van der Waals surface area contributed by atoms with Crippen LogP contribution in [0.2, 0.25) is 0 Å². The molecule has 11 heavy (non-hydrogen) atoms. The van der Waals surface area contributed by atoms with Crippen molar-refractivity contribution in [3.8, 4) is 0 Å². The van der Waals surface area contributed by atoms with Gasteiger partial charge in [-0.1, -0.05) is 0 Å². The molecule has 0 fully saturated rings. The number of carboxylic acid groups (broad SMARTS) is 2. The zero-order valence-corrected chi connectivity index (χ0v) is 6.35. The predicted molar refractivity (Wildman–Crippen MR) is 37.2 cm³/mol. The van der Waals surface area contributed by atoms with Gasteiger partial charge in [0.15, 0.2) is 0 Å². The van der Waals surface area contributed by atoms with E-state index in [1.807, 2.05) is 0 Å². The van der Waals surface area contributed by atoms with Crippen LogP contribution in [0.25, 0.3) is 0 Å². The van der Waals surface area contributed by atoms with Crippen molar-refractivity contribution in [2.24, 2.45) is 0 Å². The van der Waals surface area contributed by atoms with E-state index in [2.05, 4.69) is 5.32 Å². The number of hydrogen-bond acceptors (Lipinski definition) is 4. The van der Waals surface area contributed by atoms with E-state index in [-0.39, 0.29) is 0 Å². The van der Waals surface area contributed by atoms with Crippen molar-refractivity contribution in [2.75, 3.05) is 0 Å². The molecule has 0 saturated heterocycles. The normalized spacial score (nSPS) is 14.2. The SMILES string of the molecule is CC(O)NC(C)O.O=C(O)O. The predicted octanol–water partition coefficient (Wildman–Crippen LogP) is -0.525. The Morgan fingerprint density at radius 3 is 1.36 bits per heavy atom. The summed E-state index contributed by atoms with van der Waals surface area (Å²) in [5.74, 6) is 0. The first-order chi connectivity index (χ1) is 4.86. The van der Waals surface area contributed by atoms with E-state index in [1.54, 1.807) is 13.8 Å². The summed E-state index contributed by atoms with van der Waals surface area (Å²) in [6.45, 7) is 3.10. The van der Waals surface area contributed by atoms with Crippen LogP contribution in [0.15, 0.2) is 0 Å². The Kier molecular flexibility index (Phi) is 8.44. The molecule has 0 bridgehead atoms. The number of carbonyl (C=O) groups is 1. The first-order valence-electron chi connectivity index (χ1n) is 2.90. The molecule has 0 aliphatic rings. The highest BCUT2D eigenvalue weighted by Crippen LogP contribution is 1.74. The van der Waals surface area contributed by atoms with E-state index in [0.717, 1.165) is 0 Å². The van der Waals surface area contributed by atoms with Gasteiger partial charge in [0.05, 0.1) is 0 Å². The van der Waals surface area contributed by atoms with Gasteiger partial charge in [0, 0.05) is 0 Å². The van der Waals surface area contributed by atoms with Crippen LogP contribution in [0.1, 0.15) is 13.8 Å². The van der Waals surface area contributed by atoms with Crippen molar-refractivity contribution in [3.05, 3.63) is 0 Å². The summed E-state index contributed by atoms with van der Waals surface area (Å²) in [6, 6.07) is 0. The summed E-state index contributed by atoms with van der Waals surface area (Å²) in [5, 5.41) is 33.3. The van der Waals surface area contributed by atoms with Gasteiger partial charge in [0.1, 0.15) is 12.5 Å². The zero-order chi connectivity index (χ0) is 9.44. The smallest absolute Gasteiger partial charge is 0.450 e. The Bertz CT molecular complexity index is 93.0. The fourth-order valence-corrected chi connectivity index (χ4v) is 0.349. The van der Waals surface area contributed by atoms with Gasteiger partial charge in [0.2, 0.25) is 0 Å². The van der Waals surface area contributed by atoms with Gasteiger partial charge < -0.3 is 20.4 Å². The van der Waals surface area contributed by atoms with E-state index < -0.39 is 18.6 Å². The third-order valence-corrected chi connectivity index (χ3v) is 0.482. The van der Waals surface area contributed by atoms with Crippen LogP contribution in [0, 0.1) is 0 Å². The van der Waals surface area contributed by atoms with Gasteiger partial charge in [-0.05, 0) is 13.8 Å². The van der Waals surface area contributed by atoms with Gasteiger partial charge >= 0.3 is 6.16 Å². The molecule has 6 heteroatoms. The van der Waals surface area contributed by atoms with E-state index in [9.17, 15) is 0 Å². The number of rotatable bonds is 2. The molecular weight excluding hydrogens is 154 g/mol. The van der Waals surface area contributed by atoms with Gasteiger partial charge in [0.25, 0.3) is 0 Å². The molecule has 0 aromatic heterocycles. The molecule has 0 rings (SSSR count). The average molecular weight is 167 g/mol. The summed E-state index contributed by atoms with van der Waals surface area (Å²) in [7, 11) is 0. The third-order valence-electron chi connectivity index (χ3n) is 0.482. The Labute approximate surface area is 64.1 Å². The first-order valence-corrected chi connectivity index (χ1v) is 2.90. The standard InChI is InChI=1S/C4H11NO2.CH2O3/c1-3(6)5-4(2)7;2-1(3)4/h3-7H,1-2H3;(H2,2,3,4). The van der Waals surface area contributed by atoms with Crippen molar-refractivity contribution in [1.29, 1.82) is 0 Å². The van der Waals surface area contributed by atoms with Crippen LogP contribution in [0.3, 0.4) is 0 Å². The van der Waals surface area contributed by atoms with E-state index >= 15 is 0 Å². The Morgan fingerprint density at radius 1 is 1.18 bits per heavy atom. The molecule has 2 atom stereocenters. The van der Waals surface area contributed by atoms with Gasteiger partial charge in [-0.25, -0.2) is 4.79 Å². The molecule has 68 valence electrons. The van der Waals surface area contributed by atoms with Crippen LogP contribution in [-0.2, 0) is 0 Å². The lowest BCUT2D eigenvalue weighted by Crippen LogP contribution is -2.33. The molecule has 0 radical (unpaired) electrons. The molecule has 0 aromatic carbocycles. The fraction of sp³-hybridized carbons (Fsp3) is 0.800. The fourth-order valence-electron chi connectivity index (χ4n) is 0.349. The van der Waals surface area contributed by atoms with Crippen LogP contribution in [-0.4, -0.2) is 39.0 Å². The summed E-state index contributed by atoms with van der Waals surface area (Å²) < 4.78 is 0. The maximum Gasteiger partial charge on any atom is 0.503 e. The molecule has 6 nitrogen and oxygen atoms in total. The van der Waals surface area contributed by atoms with Gasteiger partial charge in [-0.15, -0.1) is 0 Å². The molecule has 0 heterocycles. The number of aliphatic hydroxyl groups is 2. The second-order valence-corrected chi connectivity index (χ2v) is 1.80. The minimum Gasteiger partial charge on any atom is -0.450 e. The summed E-state index contributed by atoms with van der Waals surface area (Å²) >= 11 is 0. The van der Waals surface area contributed by atoms with E-state index in [1.165, 1.54) is 0 Å². The second kappa shape index (κ2) is 7.26. The van der Waals surface area contributed by atoms with Crippen molar-refractivity contribution < 1.29 is 25.2 Å². The number of hydrogen-bond donors (Lipinski definition) is 5. The molecule has 2 unspecified atom stereocenters. The average Bonchev–Trinajstić information content (AvgIpc) is 1.56. The highest BCUT2D eigenvalue weighted by atomic mass is 16.6. The highest BCUT2D eigenvalue weighted by Gasteiger charge is 1.95. The van der Waals surface area contributed by atoms with Crippen LogP contribution in [0.4, 0.5) is 4.79 Å². The number of nitrogens with one attached hydrogen (secondary N) is 1. The maximum absolute atomic E-state index is 8.56. The van der Waals surface area contributed by atoms with Crippen molar-refractivity contribution in [1.82, 2.24) is 5.32 Å². The largest absolute Gasteiger partial charge is 0.503 e. The first kappa shape index (κ1) is 12.8. The third kappa shape index (κ3) is 47.1. The molecule has 5 N–H and O–H groups in total. The van der Waals surface area contributed by atoms with Gasteiger partial charge in [-0.3, -0.25) is 5.32 Å². The maximum atomic E-state index is 8.56. The Morgan fingerprint density at radius 2 is 1.36 bits per heavy atom. The molecule has 0 saturated carbocycles. The van der Waals surface area contributed by atoms with Crippen LogP contribution in [0.5, 0.6) is 0 Å². The van der Waals surface area contributed by atoms with Crippen molar-refractivity contribution >= 4 is 6.16 Å². The summed E-state index contributed by atoms with van der Waals surface area (Å²) in [5.41, 5.74) is 0. The van der Waals surface area contributed by atoms with E-state index in [4.69, 9.17) is 25.2 Å². The highest BCUT2D eigenvalue weighted by molar-refractivity contribution is 5.53. The lowest BCUT2D eigenvalue weighted by Gasteiger charge is -2.08. The molecular formula is C5H13NO5. The molecule has 0 aromatic rings. The summed E-state index contributed by atoms with van der Waals surface area (Å²) in [6.07, 6.45) is -3.08. The molecule has 0 amide bonds. The van der Waals surface area contributed by atoms with E-state index in [0.29, 0.717) is 0 Å². The zero-order valence-electron chi connectivity index (χ0n) is 6.35. The lowest BCUT2D eigenvalue weighted by molar-refractivity contribution is 0.0632. The minimum atomic E-state index is -1.83. The number of aliphatic hydroxyl groups excluding tert-OH is 2. The van der Waals surface area contributed by atoms with Crippen molar-refractivity contribution in [2.45, 2.75) is 26.3 Å². The second-order valence-electron chi connectivity index (χ2n) is 1.80. The quantitative estimate of drug-likeness (QED) is 0.354.